The van der Waals surface area contributed by atoms with Crippen LogP contribution in [-0.2, 0) is 14.4 Å². The Bertz CT molecular complexity index is 759. The second kappa shape index (κ2) is 9.19. The third-order valence-electron chi connectivity index (χ3n) is 2.94. The normalized spacial score (nSPS) is 10.3. The van der Waals surface area contributed by atoms with Crippen molar-refractivity contribution in [2.45, 2.75) is 24.7 Å². The van der Waals surface area contributed by atoms with E-state index in [0.717, 1.165) is 10.6 Å². The fraction of sp³-hybridized carbons (Fsp3) is 0.250. The third-order valence-corrected chi connectivity index (χ3v) is 4.83. The van der Waals surface area contributed by atoms with Gasteiger partial charge in [0.2, 0.25) is 11.8 Å². The number of carbonyl (C=O) groups excluding carboxylic acids is 2. The number of thiazole rings is 1. The molecule has 0 unspecified atom stereocenters. The molecular formula is C16H17N3O4S2. The molecule has 0 aliphatic carbocycles. The summed E-state index contributed by atoms with van der Waals surface area (Å²) >= 11 is 2.75. The summed E-state index contributed by atoms with van der Waals surface area (Å²) < 4.78 is 0. The Morgan fingerprint density at radius 2 is 1.84 bits per heavy atom. The van der Waals surface area contributed by atoms with Crippen LogP contribution in [0, 0.1) is 6.92 Å². The largest absolute Gasteiger partial charge is 0.481 e. The summed E-state index contributed by atoms with van der Waals surface area (Å²) in [5, 5.41) is 16.4. The first-order valence-corrected chi connectivity index (χ1v) is 9.25. The van der Waals surface area contributed by atoms with Crippen molar-refractivity contribution in [3.05, 3.63) is 35.3 Å². The molecule has 0 atom stereocenters. The molecule has 0 aliphatic heterocycles. The van der Waals surface area contributed by atoms with E-state index in [2.05, 4.69) is 15.6 Å². The monoisotopic (exact) mass is 379 g/mol. The van der Waals surface area contributed by atoms with Crippen LogP contribution in [0.25, 0.3) is 0 Å². The highest BCUT2D eigenvalue weighted by Crippen LogP contribution is 2.21. The number of carbonyl (C=O) groups is 3. The number of aromatic nitrogens is 1. The molecule has 132 valence electrons. The van der Waals surface area contributed by atoms with Crippen LogP contribution in [0.1, 0.15) is 18.5 Å². The quantitative estimate of drug-likeness (QED) is 0.609. The number of nitrogens with one attached hydrogen (secondary N) is 2. The van der Waals surface area contributed by atoms with Gasteiger partial charge in [0.05, 0.1) is 17.9 Å². The molecule has 0 saturated carbocycles. The zero-order valence-corrected chi connectivity index (χ0v) is 15.1. The Hall–Kier alpha value is -2.39. The number of carboxylic acid groups (broad SMARTS) is 1. The van der Waals surface area contributed by atoms with E-state index in [-0.39, 0.29) is 30.4 Å². The number of benzene rings is 1. The summed E-state index contributed by atoms with van der Waals surface area (Å²) in [5.41, 5.74) is 1.45. The third kappa shape index (κ3) is 6.94. The van der Waals surface area contributed by atoms with E-state index in [1.165, 1.54) is 23.1 Å². The summed E-state index contributed by atoms with van der Waals surface area (Å²) in [4.78, 5) is 38.9. The lowest BCUT2D eigenvalue weighted by Crippen LogP contribution is -2.14. The van der Waals surface area contributed by atoms with Gasteiger partial charge in [0.25, 0.3) is 0 Å². The van der Waals surface area contributed by atoms with E-state index in [9.17, 15) is 14.4 Å². The van der Waals surface area contributed by atoms with E-state index < -0.39 is 5.97 Å². The average Bonchev–Trinajstić information content (AvgIpc) is 2.97. The van der Waals surface area contributed by atoms with Crippen molar-refractivity contribution in [2.75, 3.05) is 16.4 Å². The van der Waals surface area contributed by atoms with E-state index in [1.807, 2.05) is 12.3 Å². The first-order chi connectivity index (χ1) is 11.9. The number of hydrogen-bond acceptors (Lipinski definition) is 6. The van der Waals surface area contributed by atoms with Crippen LogP contribution >= 0.6 is 23.1 Å². The van der Waals surface area contributed by atoms with Crippen LogP contribution < -0.4 is 10.6 Å². The zero-order valence-electron chi connectivity index (χ0n) is 13.4. The first-order valence-electron chi connectivity index (χ1n) is 7.39. The van der Waals surface area contributed by atoms with Crippen molar-refractivity contribution in [1.29, 1.82) is 0 Å². The SMILES string of the molecule is Cc1csc(NC(=O)CSc2ccc(NC(=O)CCC(=O)O)cc2)n1. The fourth-order valence-electron chi connectivity index (χ4n) is 1.79. The highest BCUT2D eigenvalue weighted by molar-refractivity contribution is 8.00. The Balaban J connectivity index is 1.76. The minimum Gasteiger partial charge on any atom is -0.481 e. The van der Waals surface area contributed by atoms with Crippen molar-refractivity contribution in [3.8, 4) is 0 Å². The van der Waals surface area contributed by atoms with Gasteiger partial charge in [0, 0.05) is 22.4 Å². The molecule has 0 fully saturated rings. The number of aryl methyl sites for hydroxylation is 1. The van der Waals surface area contributed by atoms with Gasteiger partial charge in [-0.3, -0.25) is 14.4 Å². The molecule has 0 radical (unpaired) electrons. The van der Waals surface area contributed by atoms with Gasteiger partial charge < -0.3 is 15.7 Å². The first kappa shape index (κ1) is 18.9. The van der Waals surface area contributed by atoms with E-state index in [4.69, 9.17) is 5.11 Å². The molecule has 25 heavy (non-hydrogen) atoms. The summed E-state index contributed by atoms with van der Waals surface area (Å²) in [6.45, 7) is 1.86. The number of amides is 2. The van der Waals surface area contributed by atoms with Crippen LogP contribution in [0.4, 0.5) is 10.8 Å². The molecule has 1 aromatic heterocycles. The fourth-order valence-corrected chi connectivity index (χ4v) is 3.20. The molecule has 1 aromatic carbocycles. The van der Waals surface area contributed by atoms with E-state index in [1.54, 1.807) is 24.3 Å². The number of carboxylic acids is 1. The summed E-state index contributed by atoms with van der Waals surface area (Å²) in [7, 11) is 0. The molecule has 3 N–H and O–H groups in total. The topological polar surface area (TPSA) is 108 Å². The maximum atomic E-state index is 11.9. The highest BCUT2D eigenvalue weighted by Gasteiger charge is 2.08. The summed E-state index contributed by atoms with van der Waals surface area (Å²) in [5.74, 6) is -1.23. The minimum atomic E-state index is -1.01. The number of hydrogen-bond donors (Lipinski definition) is 3. The lowest BCUT2D eigenvalue weighted by atomic mass is 10.2. The molecule has 2 amide bonds. The van der Waals surface area contributed by atoms with Crippen molar-refractivity contribution in [1.82, 2.24) is 4.98 Å². The molecule has 0 aliphatic rings. The molecule has 0 saturated heterocycles. The minimum absolute atomic E-state index is 0.0672. The van der Waals surface area contributed by atoms with Crippen LogP contribution in [-0.4, -0.2) is 33.6 Å². The number of anilines is 2. The Labute approximate surface area is 152 Å². The summed E-state index contributed by atoms with van der Waals surface area (Å²) in [6, 6.07) is 7.00. The predicted octanol–water partition coefficient (Wildman–Crippen LogP) is 2.99. The van der Waals surface area contributed by atoms with Crippen LogP contribution in [0.3, 0.4) is 0 Å². The van der Waals surface area contributed by atoms with Crippen molar-refractivity contribution in [3.63, 3.8) is 0 Å². The second-order valence-electron chi connectivity index (χ2n) is 5.10. The Morgan fingerprint density at radius 1 is 1.12 bits per heavy atom. The lowest BCUT2D eigenvalue weighted by Gasteiger charge is -2.06. The number of nitrogens with zero attached hydrogens (tertiary/aromatic N) is 1. The maximum Gasteiger partial charge on any atom is 0.303 e. The van der Waals surface area contributed by atoms with E-state index >= 15 is 0 Å². The Kier molecular flexibility index (Phi) is 6.96. The standard InChI is InChI=1S/C16H17N3O4S2/c1-10-8-25-16(17-10)19-14(21)9-24-12-4-2-11(3-5-12)18-13(20)6-7-15(22)23/h2-5,8H,6-7,9H2,1H3,(H,18,20)(H,22,23)(H,17,19,21). The van der Waals surface area contributed by atoms with Crippen LogP contribution in [0.5, 0.6) is 0 Å². The van der Waals surface area contributed by atoms with Crippen molar-refractivity contribution < 1.29 is 19.5 Å². The average molecular weight is 379 g/mol. The van der Waals surface area contributed by atoms with E-state index in [0.29, 0.717) is 10.8 Å². The van der Waals surface area contributed by atoms with Crippen LogP contribution in [0.2, 0.25) is 0 Å². The maximum absolute atomic E-state index is 11.9. The number of aliphatic carboxylic acids is 1. The molecular weight excluding hydrogens is 362 g/mol. The van der Waals surface area contributed by atoms with Gasteiger partial charge in [-0.1, -0.05) is 0 Å². The smallest absolute Gasteiger partial charge is 0.303 e. The second-order valence-corrected chi connectivity index (χ2v) is 7.00. The number of rotatable bonds is 8. The zero-order chi connectivity index (χ0) is 18.2. The van der Waals surface area contributed by atoms with Crippen LogP contribution in [0.15, 0.2) is 34.5 Å². The van der Waals surface area contributed by atoms with Gasteiger partial charge in [-0.05, 0) is 31.2 Å². The highest BCUT2D eigenvalue weighted by atomic mass is 32.2. The number of thioether (sulfide) groups is 1. The summed E-state index contributed by atoms with van der Waals surface area (Å²) in [6.07, 6.45) is -0.268. The van der Waals surface area contributed by atoms with Gasteiger partial charge in [-0.15, -0.1) is 23.1 Å². The molecule has 2 rings (SSSR count). The molecule has 2 aromatic rings. The Morgan fingerprint density at radius 3 is 2.44 bits per heavy atom. The predicted molar refractivity (Wildman–Crippen MR) is 98.1 cm³/mol. The van der Waals surface area contributed by atoms with Gasteiger partial charge in [-0.2, -0.15) is 0 Å². The van der Waals surface area contributed by atoms with Crippen molar-refractivity contribution >= 4 is 51.7 Å². The molecule has 7 nitrogen and oxygen atoms in total. The van der Waals surface area contributed by atoms with Gasteiger partial charge in [0.1, 0.15) is 0 Å². The molecule has 1 heterocycles. The van der Waals surface area contributed by atoms with Gasteiger partial charge >= 0.3 is 5.97 Å². The molecule has 9 heteroatoms. The molecule has 0 spiro atoms. The van der Waals surface area contributed by atoms with Crippen molar-refractivity contribution in [2.24, 2.45) is 0 Å². The lowest BCUT2D eigenvalue weighted by molar-refractivity contribution is -0.138. The van der Waals surface area contributed by atoms with Gasteiger partial charge in [0.15, 0.2) is 5.13 Å². The molecule has 0 bridgehead atoms. The van der Waals surface area contributed by atoms with Gasteiger partial charge in [-0.25, -0.2) is 4.98 Å².